The van der Waals surface area contributed by atoms with E-state index in [1.54, 1.807) is 48.7 Å². The molecular formula is C20H17ClN2O2. The molecule has 25 heavy (non-hydrogen) atoms. The topological polar surface area (TPSA) is 42.4 Å². The maximum absolute atomic E-state index is 13.2. The van der Waals surface area contributed by atoms with Crippen LogP contribution < -0.4 is 9.64 Å². The summed E-state index contributed by atoms with van der Waals surface area (Å²) < 4.78 is 5.34. The summed E-state index contributed by atoms with van der Waals surface area (Å²) in [4.78, 5) is 19.0. The van der Waals surface area contributed by atoms with Crippen molar-refractivity contribution in [2.24, 2.45) is 0 Å². The molecule has 3 aromatic rings. The van der Waals surface area contributed by atoms with Crippen molar-refractivity contribution in [3.8, 4) is 5.75 Å². The molecule has 0 radical (unpaired) electrons. The highest BCUT2D eigenvalue weighted by Crippen LogP contribution is 2.26. The van der Waals surface area contributed by atoms with Crippen molar-refractivity contribution in [3.63, 3.8) is 0 Å². The summed E-state index contributed by atoms with van der Waals surface area (Å²) in [6.07, 6.45) is 3.45. The number of carbonyl (C=O) groups excluding carboxylic acids is 1. The normalized spacial score (nSPS) is 10.3. The van der Waals surface area contributed by atoms with Gasteiger partial charge in [0.15, 0.2) is 0 Å². The van der Waals surface area contributed by atoms with Gasteiger partial charge < -0.3 is 9.64 Å². The quantitative estimate of drug-likeness (QED) is 0.674. The van der Waals surface area contributed by atoms with Crippen LogP contribution in [0.1, 0.15) is 15.9 Å². The largest absolute Gasteiger partial charge is 0.496 e. The highest BCUT2D eigenvalue weighted by atomic mass is 35.5. The Morgan fingerprint density at radius 3 is 2.52 bits per heavy atom. The van der Waals surface area contributed by atoms with Gasteiger partial charge in [-0.1, -0.05) is 29.8 Å². The summed E-state index contributed by atoms with van der Waals surface area (Å²) in [5, 5.41) is 0.620. The van der Waals surface area contributed by atoms with Crippen LogP contribution in [0.4, 0.5) is 5.69 Å². The van der Waals surface area contributed by atoms with Crippen molar-refractivity contribution in [3.05, 3.63) is 89.2 Å². The molecule has 1 amide bonds. The Balaban J connectivity index is 2.00. The standard InChI is InChI=1S/C20H17ClN2O2/c1-25-19-7-3-2-6-18(19)20(24)23(14-15-5-4-12-22-13-15)17-10-8-16(21)9-11-17/h2-13H,14H2,1H3. The van der Waals surface area contributed by atoms with E-state index in [1.165, 1.54) is 0 Å². The molecule has 0 fully saturated rings. The maximum Gasteiger partial charge on any atom is 0.262 e. The third kappa shape index (κ3) is 3.98. The number of pyridine rings is 1. The number of carbonyl (C=O) groups is 1. The molecule has 0 saturated carbocycles. The Labute approximate surface area is 151 Å². The molecule has 4 nitrogen and oxygen atoms in total. The monoisotopic (exact) mass is 352 g/mol. The summed E-state index contributed by atoms with van der Waals surface area (Å²) in [7, 11) is 1.56. The molecule has 0 aliphatic rings. The molecule has 0 unspecified atom stereocenters. The Morgan fingerprint density at radius 1 is 1.08 bits per heavy atom. The zero-order valence-corrected chi connectivity index (χ0v) is 14.5. The number of methoxy groups -OCH3 is 1. The second-order valence-electron chi connectivity index (χ2n) is 5.43. The average molecular weight is 353 g/mol. The lowest BCUT2D eigenvalue weighted by molar-refractivity contribution is 0.0982. The smallest absolute Gasteiger partial charge is 0.262 e. The number of amides is 1. The van der Waals surface area contributed by atoms with E-state index in [1.807, 2.05) is 36.4 Å². The van der Waals surface area contributed by atoms with Crippen LogP contribution in [0.15, 0.2) is 73.1 Å². The molecule has 0 N–H and O–H groups in total. The Morgan fingerprint density at radius 2 is 1.84 bits per heavy atom. The van der Waals surface area contributed by atoms with Crippen molar-refractivity contribution >= 4 is 23.2 Å². The van der Waals surface area contributed by atoms with Crippen molar-refractivity contribution in [1.82, 2.24) is 4.98 Å². The molecule has 1 heterocycles. The van der Waals surface area contributed by atoms with Crippen molar-refractivity contribution < 1.29 is 9.53 Å². The van der Waals surface area contributed by atoms with Gasteiger partial charge in [0.1, 0.15) is 5.75 Å². The minimum Gasteiger partial charge on any atom is -0.496 e. The molecule has 3 rings (SSSR count). The zero-order valence-electron chi connectivity index (χ0n) is 13.7. The number of hydrogen-bond acceptors (Lipinski definition) is 3. The van der Waals surface area contributed by atoms with Crippen molar-refractivity contribution in [2.75, 3.05) is 12.0 Å². The molecule has 5 heteroatoms. The van der Waals surface area contributed by atoms with E-state index in [2.05, 4.69) is 4.98 Å². The van der Waals surface area contributed by atoms with E-state index in [-0.39, 0.29) is 5.91 Å². The van der Waals surface area contributed by atoms with Gasteiger partial charge in [-0.2, -0.15) is 0 Å². The minimum atomic E-state index is -0.149. The summed E-state index contributed by atoms with van der Waals surface area (Å²) in [5.41, 5.74) is 2.19. The van der Waals surface area contributed by atoms with Gasteiger partial charge in [-0.3, -0.25) is 9.78 Å². The van der Waals surface area contributed by atoms with Crippen LogP contribution in [0.2, 0.25) is 5.02 Å². The minimum absolute atomic E-state index is 0.149. The Hall–Kier alpha value is -2.85. The fourth-order valence-corrected chi connectivity index (χ4v) is 2.67. The SMILES string of the molecule is COc1ccccc1C(=O)N(Cc1cccnc1)c1ccc(Cl)cc1. The summed E-state index contributed by atoms with van der Waals surface area (Å²) in [5.74, 6) is 0.390. The first-order chi connectivity index (χ1) is 12.2. The molecule has 2 aromatic carbocycles. The van der Waals surface area contributed by atoms with Crippen LogP contribution >= 0.6 is 11.6 Å². The molecule has 0 spiro atoms. The van der Waals surface area contributed by atoms with E-state index in [0.717, 1.165) is 11.3 Å². The van der Waals surface area contributed by atoms with Crippen molar-refractivity contribution in [2.45, 2.75) is 6.54 Å². The number of halogens is 1. The van der Waals surface area contributed by atoms with Gasteiger partial charge in [0.05, 0.1) is 19.2 Å². The lowest BCUT2D eigenvalue weighted by atomic mass is 10.1. The third-order valence-electron chi connectivity index (χ3n) is 3.78. The number of ether oxygens (including phenoxy) is 1. The van der Waals surface area contributed by atoms with Gasteiger partial charge in [-0.25, -0.2) is 0 Å². The van der Waals surface area contributed by atoms with E-state index in [9.17, 15) is 4.79 Å². The molecule has 1 aromatic heterocycles. The first kappa shape index (κ1) is 17.0. The van der Waals surface area contributed by atoms with E-state index < -0.39 is 0 Å². The van der Waals surface area contributed by atoms with E-state index in [4.69, 9.17) is 16.3 Å². The highest BCUT2D eigenvalue weighted by Gasteiger charge is 2.21. The average Bonchev–Trinajstić information content (AvgIpc) is 2.67. The Kier molecular flexibility index (Phi) is 5.31. The lowest BCUT2D eigenvalue weighted by Gasteiger charge is -2.24. The third-order valence-corrected chi connectivity index (χ3v) is 4.04. The number of aromatic nitrogens is 1. The van der Waals surface area contributed by atoms with Gasteiger partial charge in [-0.05, 0) is 48.0 Å². The fourth-order valence-electron chi connectivity index (χ4n) is 2.54. The number of anilines is 1. The van der Waals surface area contributed by atoms with Gasteiger partial charge in [-0.15, -0.1) is 0 Å². The van der Waals surface area contributed by atoms with Gasteiger partial charge >= 0.3 is 0 Å². The fraction of sp³-hybridized carbons (Fsp3) is 0.100. The first-order valence-electron chi connectivity index (χ1n) is 7.78. The number of rotatable bonds is 5. The van der Waals surface area contributed by atoms with Gasteiger partial charge in [0.25, 0.3) is 5.91 Å². The van der Waals surface area contributed by atoms with E-state index in [0.29, 0.717) is 22.9 Å². The Bertz CT molecular complexity index is 851. The molecule has 0 atom stereocenters. The number of nitrogens with zero attached hydrogens (tertiary/aromatic N) is 2. The summed E-state index contributed by atoms with van der Waals surface area (Å²) in [6.45, 7) is 0.395. The predicted molar refractivity (Wildman–Crippen MR) is 99.2 cm³/mol. The van der Waals surface area contributed by atoms with Crippen LogP contribution in [-0.4, -0.2) is 18.0 Å². The molecular weight excluding hydrogens is 336 g/mol. The van der Waals surface area contributed by atoms with Crippen LogP contribution in [0.25, 0.3) is 0 Å². The molecule has 126 valence electrons. The zero-order chi connectivity index (χ0) is 17.6. The number of benzene rings is 2. The molecule has 0 aliphatic carbocycles. The van der Waals surface area contributed by atoms with Crippen LogP contribution in [0.5, 0.6) is 5.75 Å². The van der Waals surface area contributed by atoms with E-state index >= 15 is 0 Å². The predicted octanol–water partition coefficient (Wildman–Crippen LogP) is 4.59. The van der Waals surface area contributed by atoms with Gasteiger partial charge in [0.2, 0.25) is 0 Å². The molecule has 0 bridgehead atoms. The lowest BCUT2D eigenvalue weighted by Crippen LogP contribution is -2.30. The summed E-state index contributed by atoms with van der Waals surface area (Å²) >= 11 is 5.99. The van der Waals surface area contributed by atoms with Crippen LogP contribution in [-0.2, 0) is 6.54 Å². The summed E-state index contributed by atoms with van der Waals surface area (Å²) in [6, 6.07) is 18.2. The number of para-hydroxylation sites is 1. The van der Waals surface area contributed by atoms with Crippen molar-refractivity contribution in [1.29, 1.82) is 0 Å². The van der Waals surface area contributed by atoms with Crippen LogP contribution in [0, 0.1) is 0 Å². The van der Waals surface area contributed by atoms with Gasteiger partial charge in [0, 0.05) is 23.1 Å². The first-order valence-corrected chi connectivity index (χ1v) is 8.16. The highest BCUT2D eigenvalue weighted by molar-refractivity contribution is 6.30. The second kappa shape index (κ2) is 7.81. The van der Waals surface area contributed by atoms with Crippen LogP contribution in [0.3, 0.4) is 0 Å². The molecule has 0 aliphatic heterocycles. The molecule has 0 saturated heterocycles. The maximum atomic E-state index is 13.2. The second-order valence-corrected chi connectivity index (χ2v) is 5.87. The number of hydrogen-bond donors (Lipinski definition) is 0.